The van der Waals surface area contributed by atoms with Crippen LogP contribution in [0.15, 0.2) is 36.4 Å². The first kappa shape index (κ1) is 18.7. The Kier molecular flexibility index (Phi) is 6.30. The van der Waals surface area contributed by atoms with Crippen molar-refractivity contribution in [2.75, 3.05) is 12.9 Å². The van der Waals surface area contributed by atoms with Gasteiger partial charge in [-0.25, -0.2) is 9.59 Å². The molecule has 0 aromatic heterocycles. The highest BCUT2D eigenvalue weighted by Gasteiger charge is 2.17. The van der Waals surface area contributed by atoms with E-state index in [-0.39, 0.29) is 23.5 Å². The van der Waals surface area contributed by atoms with E-state index in [0.29, 0.717) is 29.1 Å². The van der Waals surface area contributed by atoms with Crippen LogP contribution in [0.25, 0.3) is 0 Å². The lowest BCUT2D eigenvalue weighted by Crippen LogP contribution is -2.08. The summed E-state index contributed by atoms with van der Waals surface area (Å²) in [6.07, 6.45) is 0.512. The van der Waals surface area contributed by atoms with Crippen molar-refractivity contribution in [1.82, 2.24) is 0 Å². The Labute approximate surface area is 150 Å². The molecular weight excluding hydrogens is 344 g/mol. The highest BCUT2D eigenvalue weighted by Crippen LogP contribution is 2.27. The molecule has 6 nitrogen and oxygen atoms in total. The van der Waals surface area contributed by atoms with Crippen LogP contribution in [0.3, 0.4) is 0 Å². The highest BCUT2D eigenvalue weighted by atomic mass is 32.1. The number of thiol groups is 1. The first-order valence-corrected chi connectivity index (χ1v) is 8.10. The van der Waals surface area contributed by atoms with Gasteiger partial charge in [-0.15, -0.1) is 0 Å². The summed E-state index contributed by atoms with van der Waals surface area (Å²) in [5, 5.41) is 18.5. The van der Waals surface area contributed by atoms with Crippen LogP contribution in [0.5, 0.6) is 11.5 Å². The van der Waals surface area contributed by atoms with Gasteiger partial charge < -0.3 is 19.7 Å². The van der Waals surface area contributed by atoms with Crippen molar-refractivity contribution in [2.24, 2.45) is 0 Å². The smallest absolute Gasteiger partial charge is 0.339 e. The lowest BCUT2D eigenvalue weighted by Gasteiger charge is -2.14. The molecular formula is C18H18O6S. The molecule has 2 rings (SSSR count). The largest absolute Gasteiger partial charge is 0.496 e. The SMILES string of the molecule is COc1cc(C(=O)O)ccc1COc1cccc(CCS)c1C(=O)O. The zero-order chi connectivity index (χ0) is 18.4. The molecule has 0 spiro atoms. The van der Waals surface area contributed by atoms with Crippen LogP contribution in [-0.2, 0) is 13.0 Å². The van der Waals surface area contributed by atoms with Gasteiger partial charge in [-0.1, -0.05) is 18.2 Å². The third kappa shape index (κ3) is 4.45. The third-order valence-electron chi connectivity index (χ3n) is 3.62. The fourth-order valence-electron chi connectivity index (χ4n) is 2.42. The summed E-state index contributed by atoms with van der Waals surface area (Å²) in [6.45, 7) is 0.0493. The normalized spacial score (nSPS) is 10.3. The van der Waals surface area contributed by atoms with Crippen molar-refractivity contribution >= 4 is 24.6 Å². The van der Waals surface area contributed by atoms with Crippen molar-refractivity contribution in [1.29, 1.82) is 0 Å². The van der Waals surface area contributed by atoms with Crippen LogP contribution < -0.4 is 9.47 Å². The summed E-state index contributed by atoms with van der Waals surface area (Å²) in [5.41, 5.74) is 1.47. The summed E-state index contributed by atoms with van der Waals surface area (Å²) in [5.74, 6) is -0.993. The maximum absolute atomic E-state index is 11.6. The minimum Gasteiger partial charge on any atom is -0.496 e. The summed E-state index contributed by atoms with van der Waals surface area (Å²) in [7, 11) is 1.43. The molecule has 2 aromatic carbocycles. The number of aryl methyl sites for hydroxylation is 1. The maximum Gasteiger partial charge on any atom is 0.339 e. The molecule has 132 valence electrons. The molecule has 0 aliphatic rings. The molecule has 25 heavy (non-hydrogen) atoms. The van der Waals surface area contributed by atoms with Crippen molar-refractivity contribution in [3.8, 4) is 11.5 Å². The Morgan fingerprint density at radius 3 is 2.40 bits per heavy atom. The van der Waals surface area contributed by atoms with E-state index in [1.54, 1.807) is 24.3 Å². The number of carboxylic acids is 2. The highest BCUT2D eigenvalue weighted by molar-refractivity contribution is 7.80. The molecule has 0 fully saturated rings. The molecule has 2 N–H and O–H groups in total. The lowest BCUT2D eigenvalue weighted by molar-refractivity contribution is 0.0681. The van der Waals surface area contributed by atoms with E-state index in [2.05, 4.69) is 12.6 Å². The molecule has 0 amide bonds. The van der Waals surface area contributed by atoms with E-state index in [9.17, 15) is 14.7 Å². The number of ether oxygens (including phenoxy) is 2. The molecule has 0 aliphatic heterocycles. The van der Waals surface area contributed by atoms with Crippen LogP contribution in [0.4, 0.5) is 0 Å². The minimum absolute atomic E-state index is 0.0493. The average Bonchev–Trinajstić information content (AvgIpc) is 2.59. The molecule has 0 atom stereocenters. The molecule has 0 bridgehead atoms. The van der Waals surface area contributed by atoms with Gasteiger partial charge in [-0.05, 0) is 35.9 Å². The quantitative estimate of drug-likeness (QED) is 0.625. The number of hydrogen-bond acceptors (Lipinski definition) is 5. The van der Waals surface area contributed by atoms with Gasteiger partial charge in [0, 0.05) is 5.56 Å². The summed E-state index contributed by atoms with van der Waals surface area (Å²) >= 11 is 4.15. The Balaban J connectivity index is 2.28. The Bertz CT molecular complexity index is 787. The standard InChI is InChI=1S/C18H18O6S/c1-23-15-9-12(17(19)20)5-6-13(15)10-24-14-4-2-3-11(7-8-25)16(14)18(21)22/h2-6,9,25H,7-8,10H2,1H3,(H,19,20)(H,21,22). The Morgan fingerprint density at radius 1 is 1.04 bits per heavy atom. The van der Waals surface area contributed by atoms with E-state index >= 15 is 0 Å². The molecule has 2 aromatic rings. The number of rotatable bonds is 8. The lowest BCUT2D eigenvalue weighted by atomic mass is 10.0. The number of carbonyl (C=O) groups is 2. The topological polar surface area (TPSA) is 93.1 Å². The summed E-state index contributed by atoms with van der Waals surface area (Å²) < 4.78 is 10.9. The van der Waals surface area contributed by atoms with E-state index in [1.165, 1.54) is 19.2 Å². The van der Waals surface area contributed by atoms with E-state index < -0.39 is 11.9 Å². The molecule has 0 saturated heterocycles. The van der Waals surface area contributed by atoms with Crippen LogP contribution in [0.2, 0.25) is 0 Å². The van der Waals surface area contributed by atoms with Crippen LogP contribution in [0, 0.1) is 0 Å². The van der Waals surface area contributed by atoms with Gasteiger partial charge in [0.25, 0.3) is 0 Å². The van der Waals surface area contributed by atoms with Crippen molar-refractivity contribution < 1.29 is 29.3 Å². The number of benzene rings is 2. The van der Waals surface area contributed by atoms with Crippen molar-refractivity contribution in [3.63, 3.8) is 0 Å². The first-order chi connectivity index (χ1) is 12.0. The predicted octanol–water partition coefficient (Wildman–Crippen LogP) is 3.14. The van der Waals surface area contributed by atoms with Crippen LogP contribution in [0.1, 0.15) is 31.8 Å². The maximum atomic E-state index is 11.6. The van der Waals surface area contributed by atoms with Crippen LogP contribution >= 0.6 is 12.6 Å². The molecule has 7 heteroatoms. The predicted molar refractivity (Wildman–Crippen MR) is 95.2 cm³/mol. The Hall–Kier alpha value is -2.67. The number of carboxylic acid groups (broad SMARTS) is 2. The zero-order valence-electron chi connectivity index (χ0n) is 13.6. The van der Waals surface area contributed by atoms with Gasteiger partial charge in [0.2, 0.25) is 0 Å². The fraction of sp³-hybridized carbons (Fsp3) is 0.222. The van der Waals surface area contributed by atoms with E-state index in [0.717, 1.165) is 0 Å². The van der Waals surface area contributed by atoms with Gasteiger partial charge >= 0.3 is 11.9 Å². The van der Waals surface area contributed by atoms with Crippen LogP contribution in [-0.4, -0.2) is 35.0 Å². The monoisotopic (exact) mass is 362 g/mol. The Morgan fingerprint density at radius 2 is 1.80 bits per heavy atom. The fourth-order valence-corrected chi connectivity index (χ4v) is 2.66. The van der Waals surface area contributed by atoms with Crippen molar-refractivity contribution in [2.45, 2.75) is 13.0 Å². The summed E-state index contributed by atoms with van der Waals surface area (Å²) in [4.78, 5) is 22.6. The molecule has 0 radical (unpaired) electrons. The second-order valence-electron chi connectivity index (χ2n) is 5.19. The first-order valence-electron chi connectivity index (χ1n) is 7.47. The second-order valence-corrected chi connectivity index (χ2v) is 5.64. The van der Waals surface area contributed by atoms with E-state index in [4.69, 9.17) is 14.6 Å². The average molecular weight is 362 g/mol. The van der Waals surface area contributed by atoms with Gasteiger partial charge in [0.15, 0.2) is 0 Å². The van der Waals surface area contributed by atoms with Gasteiger partial charge in [0.1, 0.15) is 23.7 Å². The molecule has 0 heterocycles. The number of hydrogen-bond donors (Lipinski definition) is 3. The van der Waals surface area contributed by atoms with Gasteiger partial charge in [-0.2, -0.15) is 12.6 Å². The van der Waals surface area contributed by atoms with Crippen molar-refractivity contribution in [3.05, 3.63) is 58.7 Å². The number of aromatic carboxylic acids is 2. The molecule has 0 unspecified atom stereocenters. The second kappa shape index (κ2) is 8.43. The molecule has 0 aliphatic carbocycles. The zero-order valence-corrected chi connectivity index (χ0v) is 14.5. The van der Waals surface area contributed by atoms with E-state index in [1.807, 2.05) is 0 Å². The van der Waals surface area contributed by atoms with Gasteiger partial charge in [-0.3, -0.25) is 0 Å². The van der Waals surface area contributed by atoms with Gasteiger partial charge in [0.05, 0.1) is 12.7 Å². The third-order valence-corrected chi connectivity index (χ3v) is 3.85. The number of methoxy groups -OCH3 is 1. The minimum atomic E-state index is -1.07. The summed E-state index contributed by atoms with van der Waals surface area (Å²) in [6, 6.07) is 9.47. The molecule has 0 saturated carbocycles.